The first-order chi connectivity index (χ1) is 9.98. The van der Waals surface area contributed by atoms with Crippen LogP contribution < -0.4 is 0 Å². The first-order valence-corrected chi connectivity index (χ1v) is 7.92. The van der Waals surface area contributed by atoms with Crippen molar-refractivity contribution >= 4 is 21.2 Å². The van der Waals surface area contributed by atoms with Gasteiger partial charge in [0.15, 0.2) is 0 Å². The highest BCUT2D eigenvalue weighted by Crippen LogP contribution is 2.27. The van der Waals surface area contributed by atoms with E-state index >= 15 is 0 Å². The molecule has 0 saturated carbocycles. The van der Waals surface area contributed by atoms with Gasteiger partial charge in [0.2, 0.25) is 0 Å². The van der Waals surface area contributed by atoms with E-state index in [1.54, 1.807) is 22.8 Å². The van der Waals surface area contributed by atoms with Crippen molar-refractivity contribution < 1.29 is 13.0 Å². The van der Waals surface area contributed by atoms with Crippen molar-refractivity contribution in [1.29, 1.82) is 0 Å². The Morgan fingerprint density at radius 3 is 2.33 bits per heavy atom. The number of fused-ring (bicyclic) bond motifs is 1. The highest BCUT2D eigenvalue weighted by molar-refractivity contribution is 7.85. The molecule has 3 rings (SSSR count). The number of hydrogen-bond acceptors (Lipinski definition) is 3. The van der Waals surface area contributed by atoms with Gasteiger partial charge in [-0.05, 0) is 24.6 Å². The van der Waals surface area contributed by atoms with E-state index in [9.17, 15) is 13.0 Å². The maximum atomic E-state index is 11.6. The fourth-order valence-electron chi connectivity index (χ4n) is 2.46. The second kappa shape index (κ2) is 4.98. The van der Waals surface area contributed by atoms with E-state index in [4.69, 9.17) is 0 Å². The number of para-hydroxylation sites is 2. The van der Waals surface area contributed by atoms with Crippen LogP contribution in [0.4, 0.5) is 0 Å². The lowest BCUT2D eigenvalue weighted by molar-refractivity contribution is 0.459. The molecule has 1 atom stereocenters. The van der Waals surface area contributed by atoms with Crippen LogP contribution in [-0.2, 0) is 10.1 Å². The summed E-state index contributed by atoms with van der Waals surface area (Å²) in [6.07, 6.45) is 0. The van der Waals surface area contributed by atoms with E-state index < -0.39 is 10.1 Å². The normalized spacial score (nSPS) is 13.4. The molecule has 0 spiro atoms. The summed E-state index contributed by atoms with van der Waals surface area (Å²) in [6, 6.07) is 16.3. The van der Waals surface area contributed by atoms with Gasteiger partial charge in [-0.1, -0.05) is 42.5 Å². The average molecular weight is 302 g/mol. The van der Waals surface area contributed by atoms with Crippen molar-refractivity contribution in [3.8, 4) is 0 Å². The fraction of sp³-hybridized carbons (Fsp3) is 0.133. The zero-order valence-electron chi connectivity index (χ0n) is 11.3. The minimum absolute atomic E-state index is 0.268. The highest BCUT2D eigenvalue weighted by Gasteiger charge is 2.24. The van der Waals surface area contributed by atoms with E-state index in [-0.39, 0.29) is 11.2 Å². The summed E-state index contributed by atoms with van der Waals surface area (Å²) in [5.41, 5.74) is 2.14. The maximum absolute atomic E-state index is 11.6. The van der Waals surface area contributed by atoms with Crippen molar-refractivity contribution in [2.24, 2.45) is 0 Å². The third-order valence-corrected chi connectivity index (χ3v) is 4.21. The molecule has 0 saturated heterocycles. The quantitative estimate of drug-likeness (QED) is 0.755. The number of aromatic nitrogens is 2. The molecule has 0 bridgehead atoms. The molecule has 0 aliphatic carbocycles. The summed E-state index contributed by atoms with van der Waals surface area (Å²) in [5, 5.41) is -0.333. The van der Waals surface area contributed by atoms with E-state index in [0.717, 1.165) is 5.56 Å². The molecule has 1 heterocycles. The van der Waals surface area contributed by atoms with E-state index in [2.05, 4.69) is 4.98 Å². The summed E-state index contributed by atoms with van der Waals surface area (Å²) < 4.78 is 34.3. The topological polar surface area (TPSA) is 72.2 Å². The summed E-state index contributed by atoms with van der Waals surface area (Å²) in [4.78, 5) is 4.06. The second-order valence-electron chi connectivity index (χ2n) is 4.81. The second-order valence-corrected chi connectivity index (χ2v) is 6.13. The predicted molar refractivity (Wildman–Crippen MR) is 79.8 cm³/mol. The lowest BCUT2D eigenvalue weighted by Crippen LogP contribution is -2.14. The van der Waals surface area contributed by atoms with Gasteiger partial charge in [-0.25, -0.2) is 4.98 Å². The van der Waals surface area contributed by atoms with Crippen LogP contribution >= 0.6 is 0 Å². The van der Waals surface area contributed by atoms with Crippen molar-refractivity contribution in [3.63, 3.8) is 0 Å². The van der Waals surface area contributed by atoms with E-state index in [0.29, 0.717) is 11.0 Å². The van der Waals surface area contributed by atoms with Crippen LogP contribution in [0, 0.1) is 0 Å². The summed E-state index contributed by atoms with van der Waals surface area (Å²) in [6.45, 7) is 1.87. The van der Waals surface area contributed by atoms with Crippen LogP contribution in [0.2, 0.25) is 0 Å². The molecule has 3 aromatic rings. The van der Waals surface area contributed by atoms with Crippen molar-refractivity contribution in [2.75, 3.05) is 0 Å². The minimum atomic E-state index is -4.40. The number of benzene rings is 2. The molecular formula is C15H14N2O3S. The molecule has 1 N–H and O–H groups in total. The Kier molecular flexibility index (Phi) is 3.27. The molecule has 21 heavy (non-hydrogen) atoms. The molecule has 0 radical (unpaired) electrons. The Labute approximate surface area is 122 Å². The van der Waals surface area contributed by atoms with Crippen LogP contribution in [0.15, 0.2) is 59.8 Å². The van der Waals surface area contributed by atoms with Gasteiger partial charge in [-0.15, -0.1) is 0 Å². The molecule has 0 aliphatic heterocycles. The Balaban J connectivity index is 2.30. The van der Waals surface area contributed by atoms with Crippen molar-refractivity contribution in [3.05, 3.63) is 60.2 Å². The monoisotopic (exact) mass is 302 g/mol. The first-order valence-electron chi connectivity index (χ1n) is 6.48. The zero-order chi connectivity index (χ0) is 15.0. The number of nitrogens with zero attached hydrogens (tertiary/aromatic N) is 2. The molecule has 0 aliphatic rings. The number of rotatable bonds is 3. The van der Waals surface area contributed by atoms with Gasteiger partial charge in [-0.2, -0.15) is 8.42 Å². The van der Waals surface area contributed by atoms with Gasteiger partial charge in [0, 0.05) is 0 Å². The molecular weight excluding hydrogens is 288 g/mol. The highest BCUT2D eigenvalue weighted by atomic mass is 32.2. The van der Waals surface area contributed by atoms with Crippen LogP contribution in [0.5, 0.6) is 0 Å². The Hall–Kier alpha value is -2.18. The van der Waals surface area contributed by atoms with Crippen LogP contribution in [0.1, 0.15) is 18.5 Å². The average Bonchev–Trinajstić information content (AvgIpc) is 2.87. The number of imidazole rings is 1. The Bertz CT molecular complexity index is 886. The molecule has 6 heteroatoms. The lowest BCUT2D eigenvalue weighted by atomic mass is 10.1. The largest absolute Gasteiger partial charge is 0.328 e. The van der Waals surface area contributed by atoms with Gasteiger partial charge in [-0.3, -0.25) is 4.55 Å². The Morgan fingerprint density at radius 2 is 1.67 bits per heavy atom. The zero-order valence-corrected chi connectivity index (χ0v) is 12.2. The van der Waals surface area contributed by atoms with Gasteiger partial charge in [0.05, 0.1) is 17.1 Å². The van der Waals surface area contributed by atoms with Gasteiger partial charge < -0.3 is 4.57 Å². The number of hydrogen-bond donors (Lipinski definition) is 1. The summed E-state index contributed by atoms with van der Waals surface area (Å²) in [5.74, 6) is 0. The minimum Gasteiger partial charge on any atom is -0.305 e. The van der Waals surface area contributed by atoms with E-state index in [1.165, 1.54) is 0 Å². The smallest absolute Gasteiger partial charge is 0.305 e. The standard InChI is InChI=1S/C15H14N2O3S/c1-11(12-7-3-2-4-8-12)17-14-10-6-5-9-13(14)16-15(17)21(18,19)20/h2-11H,1H3,(H,18,19,20)/t11-/m0/s1. The van der Waals surface area contributed by atoms with Crippen LogP contribution in [-0.4, -0.2) is 22.5 Å². The van der Waals surface area contributed by atoms with E-state index in [1.807, 2.05) is 43.3 Å². The maximum Gasteiger partial charge on any atom is 0.328 e. The molecule has 0 fully saturated rings. The predicted octanol–water partition coefficient (Wildman–Crippen LogP) is 2.89. The molecule has 2 aromatic carbocycles. The molecule has 108 valence electrons. The molecule has 0 unspecified atom stereocenters. The summed E-state index contributed by atoms with van der Waals surface area (Å²) in [7, 11) is -4.40. The molecule has 0 amide bonds. The van der Waals surface area contributed by atoms with Crippen molar-refractivity contribution in [1.82, 2.24) is 9.55 Å². The van der Waals surface area contributed by atoms with Crippen molar-refractivity contribution in [2.45, 2.75) is 18.1 Å². The fourth-order valence-corrected chi connectivity index (χ4v) is 3.18. The Morgan fingerprint density at radius 1 is 1.05 bits per heavy atom. The van der Waals surface area contributed by atoms with Gasteiger partial charge >= 0.3 is 10.1 Å². The van der Waals surface area contributed by atoms with Crippen LogP contribution in [0.25, 0.3) is 11.0 Å². The third-order valence-electron chi connectivity index (χ3n) is 3.46. The third kappa shape index (κ3) is 2.43. The van der Waals surface area contributed by atoms with Gasteiger partial charge in [0.1, 0.15) is 0 Å². The van der Waals surface area contributed by atoms with Gasteiger partial charge in [0.25, 0.3) is 5.16 Å². The molecule has 1 aromatic heterocycles. The molecule has 5 nitrogen and oxygen atoms in total. The van der Waals surface area contributed by atoms with Crippen LogP contribution in [0.3, 0.4) is 0 Å². The summed E-state index contributed by atoms with van der Waals surface area (Å²) >= 11 is 0. The lowest BCUT2D eigenvalue weighted by Gasteiger charge is -2.16. The first kappa shape index (κ1) is 13.8. The SMILES string of the molecule is C[C@@H](c1ccccc1)n1c(S(=O)(=O)O)nc2ccccc21.